The van der Waals surface area contributed by atoms with E-state index in [0.717, 1.165) is 28.5 Å². The van der Waals surface area contributed by atoms with Gasteiger partial charge in [0.25, 0.3) is 17.7 Å². The van der Waals surface area contributed by atoms with Crippen LogP contribution in [0.4, 0.5) is 5.13 Å². The van der Waals surface area contributed by atoms with Gasteiger partial charge in [-0.05, 0) is 0 Å². The predicted molar refractivity (Wildman–Crippen MR) is 158 cm³/mol. The Balaban J connectivity index is 1.26. The number of carboxylic acid groups (broad SMARTS) is 2. The Bertz CT molecular complexity index is 1670. The largest absolute Gasteiger partial charge is 0.543 e. The molecule has 244 valence electrons. The summed E-state index contributed by atoms with van der Waals surface area (Å²) in [5.41, 5.74) is 5.40. The molecule has 3 aliphatic heterocycles. The molecule has 0 radical (unpaired) electrons. The molecule has 3 amide bonds. The maximum Gasteiger partial charge on any atom is 0.344 e. The van der Waals surface area contributed by atoms with Crippen LogP contribution in [0.2, 0.25) is 0 Å². The highest BCUT2D eigenvalue weighted by Crippen LogP contribution is 2.41. The van der Waals surface area contributed by atoms with Gasteiger partial charge >= 0.3 is 5.97 Å². The number of anilines is 1. The molecule has 0 aromatic carbocycles. The van der Waals surface area contributed by atoms with Gasteiger partial charge in [-0.1, -0.05) is 5.16 Å². The molecule has 5 heterocycles. The molecule has 3 aliphatic rings. The van der Waals surface area contributed by atoms with Crippen molar-refractivity contribution in [2.45, 2.75) is 11.4 Å². The topological polar surface area (TPSA) is 261 Å². The van der Waals surface area contributed by atoms with Gasteiger partial charge < -0.3 is 50.5 Å². The Morgan fingerprint density at radius 2 is 1.93 bits per heavy atom. The summed E-state index contributed by atoms with van der Waals surface area (Å²) < 4.78 is 0.366. The summed E-state index contributed by atoms with van der Waals surface area (Å²) in [7, 11) is 1.91. The van der Waals surface area contributed by atoms with Gasteiger partial charge in [0.1, 0.15) is 29.3 Å². The standard InChI is InChI=1S/C26H28N8O10S2/c1-34(4-2-32(3-5-34)22(40)13-6-15(35)16(36)7-28-13)8-12-10-45-24-19(23(41)33(24)20(12)25(42)43)30-21(39)18(31-44-9-17(37)38)14-11-46-26(27)29-14/h6-7,11,19,24H,2-5,8-10H2,1H3,(H6-,27,28,29,30,31,35,36,37,38,39,40,42,43)/t19-,24+/m1/s1. The smallest absolute Gasteiger partial charge is 0.344 e. The number of carboxylic acids is 2. The molecule has 0 saturated carbocycles. The number of thiazole rings is 1. The van der Waals surface area contributed by atoms with Crippen molar-refractivity contribution in [2.75, 3.05) is 57.9 Å². The Kier molecular flexibility index (Phi) is 9.03. The average Bonchev–Trinajstić information content (AvgIpc) is 3.44. The number of carbonyl (C=O) groups is 5. The zero-order valence-electron chi connectivity index (χ0n) is 24.1. The number of amides is 3. The number of hydrogen-bond donors (Lipinski definition) is 5. The number of piperazine rings is 1. The van der Waals surface area contributed by atoms with Crippen LogP contribution < -0.4 is 16.2 Å². The van der Waals surface area contributed by atoms with E-state index < -0.39 is 64.9 Å². The Hall–Kier alpha value is -4.95. The highest BCUT2D eigenvalue weighted by atomic mass is 32.2. The van der Waals surface area contributed by atoms with E-state index in [-0.39, 0.29) is 34.5 Å². The molecule has 0 bridgehead atoms. The quantitative estimate of drug-likeness (QED) is 0.0745. The van der Waals surface area contributed by atoms with E-state index in [2.05, 4.69) is 20.4 Å². The van der Waals surface area contributed by atoms with Crippen molar-refractivity contribution in [3.8, 4) is 11.5 Å². The van der Waals surface area contributed by atoms with Gasteiger partial charge in [0.2, 0.25) is 6.61 Å². The molecule has 0 aliphatic carbocycles. The highest BCUT2D eigenvalue weighted by Gasteiger charge is 2.54. The number of likely N-dealkylation sites (N-methyl/N-ethyl adjacent to an activating group) is 1. The van der Waals surface area contributed by atoms with Crippen LogP contribution in [0.3, 0.4) is 0 Å². The molecule has 5 rings (SSSR count). The lowest BCUT2D eigenvalue weighted by Crippen LogP contribution is -2.72. The zero-order valence-corrected chi connectivity index (χ0v) is 25.7. The third-order valence-electron chi connectivity index (χ3n) is 7.61. The van der Waals surface area contributed by atoms with Crippen molar-refractivity contribution in [1.82, 2.24) is 25.1 Å². The number of aromatic nitrogens is 2. The maximum atomic E-state index is 13.2. The van der Waals surface area contributed by atoms with E-state index in [1.165, 1.54) is 17.1 Å². The summed E-state index contributed by atoms with van der Waals surface area (Å²) in [4.78, 5) is 77.6. The molecule has 2 atom stereocenters. The van der Waals surface area contributed by atoms with Crippen LogP contribution in [0.1, 0.15) is 16.2 Å². The molecular weight excluding hydrogens is 648 g/mol. The van der Waals surface area contributed by atoms with E-state index in [4.69, 9.17) is 15.7 Å². The average molecular weight is 677 g/mol. The fourth-order valence-electron chi connectivity index (χ4n) is 5.24. The summed E-state index contributed by atoms with van der Waals surface area (Å²) in [6.45, 7) is 0.946. The first kappa shape index (κ1) is 32.4. The minimum Gasteiger partial charge on any atom is -0.543 e. The highest BCUT2D eigenvalue weighted by molar-refractivity contribution is 8.00. The van der Waals surface area contributed by atoms with Crippen molar-refractivity contribution in [2.24, 2.45) is 5.16 Å². The number of thioether (sulfide) groups is 1. The lowest BCUT2D eigenvalue weighted by atomic mass is 10.0. The number of nitrogens with two attached hydrogens (primary N) is 1. The van der Waals surface area contributed by atoms with E-state index in [9.17, 15) is 39.3 Å². The monoisotopic (exact) mass is 676 g/mol. The van der Waals surface area contributed by atoms with Gasteiger partial charge in [0.05, 0.1) is 51.1 Å². The number of aliphatic carboxylic acids is 2. The van der Waals surface area contributed by atoms with Crippen LogP contribution in [-0.2, 0) is 24.0 Å². The minimum atomic E-state index is -1.54. The molecule has 20 heteroatoms. The van der Waals surface area contributed by atoms with E-state index in [1.54, 1.807) is 4.90 Å². The van der Waals surface area contributed by atoms with E-state index in [0.29, 0.717) is 36.2 Å². The molecule has 0 spiro atoms. The van der Waals surface area contributed by atoms with Gasteiger partial charge in [-0.25, -0.2) is 14.8 Å². The number of nitrogen functional groups attached to an aromatic ring is 1. The van der Waals surface area contributed by atoms with Crippen LogP contribution in [0.5, 0.6) is 11.5 Å². The Labute approximate surface area is 268 Å². The van der Waals surface area contributed by atoms with Crippen molar-refractivity contribution in [1.29, 1.82) is 0 Å². The summed E-state index contributed by atoms with van der Waals surface area (Å²) in [5, 5.41) is 47.2. The van der Waals surface area contributed by atoms with Crippen LogP contribution in [0.25, 0.3) is 0 Å². The van der Waals surface area contributed by atoms with Crippen molar-refractivity contribution in [3.05, 3.63) is 40.3 Å². The van der Waals surface area contributed by atoms with Crippen LogP contribution in [0.15, 0.2) is 34.1 Å². The number of oxime groups is 1. The molecule has 2 aromatic rings. The first-order valence-corrected chi connectivity index (χ1v) is 15.5. The number of fused-ring (bicyclic) bond motifs is 1. The number of hydrogen-bond acceptors (Lipinski definition) is 15. The number of nitrogens with one attached hydrogen (secondary N) is 1. The molecule has 0 unspecified atom stereocenters. The minimum absolute atomic E-state index is 0.000780. The first-order chi connectivity index (χ1) is 21.8. The van der Waals surface area contributed by atoms with Gasteiger partial charge in [0.15, 0.2) is 22.3 Å². The van der Waals surface area contributed by atoms with Gasteiger partial charge in [-0.15, -0.1) is 23.1 Å². The molecule has 2 saturated heterocycles. The number of nitrogens with zero attached hydrogens (tertiary/aromatic N) is 6. The number of carbonyl (C=O) groups excluding carboxylic acids is 4. The van der Waals surface area contributed by atoms with Gasteiger partial charge in [-0.2, -0.15) is 0 Å². The lowest BCUT2D eigenvalue weighted by Gasteiger charge is -2.51. The molecule has 46 heavy (non-hydrogen) atoms. The van der Waals surface area contributed by atoms with Crippen LogP contribution in [-0.4, -0.2) is 138 Å². The van der Waals surface area contributed by atoms with Crippen molar-refractivity contribution >= 4 is 63.6 Å². The van der Waals surface area contributed by atoms with Gasteiger partial charge in [-0.3, -0.25) is 19.3 Å². The predicted octanol–water partition coefficient (Wildman–Crippen LogP) is -2.66. The van der Waals surface area contributed by atoms with Crippen LogP contribution in [0, 0.1) is 0 Å². The first-order valence-electron chi connectivity index (χ1n) is 13.6. The fraction of sp³-hybridized carbons (Fsp3) is 0.385. The van der Waals surface area contributed by atoms with E-state index in [1.807, 2.05) is 7.05 Å². The molecular formula is C26H28N8O10S2. The maximum absolute atomic E-state index is 13.2. The Morgan fingerprint density at radius 1 is 1.22 bits per heavy atom. The number of quaternary nitrogens is 1. The number of β-lactam (4-membered cyclic amide) rings is 1. The van der Waals surface area contributed by atoms with Crippen molar-refractivity contribution in [3.63, 3.8) is 0 Å². The number of aromatic hydroxyl groups is 2. The summed E-state index contributed by atoms with van der Waals surface area (Å²) in [6.07, 6.45) is 0.988. The third-order valence-corrected chi connectivity index (χ3v) is 9.62. The summed E-state index contributed by atoms with van der Waals surface area (Å²) in [5.74, 6) is -5.57. The second-order valence-electron chi connectivity index (χ2n) is 10.9. The van der Waals surface area contributed by atoms with Crippen molar-refractivity contribution < 1.29 is 53.7 Å². The Morgan fingerprint density at radius 3 is 2.54 bits per heavy atom. The number of rotatable bonds is 10. The van der Waals surface area contributed by atoms with E-state index >= 15 is 0 Å². The number of pyridine rings is 1. The molecule has 18 nitrogen and oxygen atoms in total. The second-order valence-corrected chi connectivity index (χ2v) is 12.8. The summed E-state index contributed by atoms with van der Waals surface area (Å²) >= 11 is 2.26. The van der Waals surface area contributed by atoms with Crippen LogP contribution >= 0.6 is 23.1 Å². The summed E-state index contributed by atoms with van der Waals surface area (Å²) in [6, 6.07) is -0.0380. The molecule has 2 fully saturated rings. The SMILES string of the molecule is C[N+]1(CC2=C(C(=O)[O-])N3C(=O)[C@@H](NC(=O)C(=NOCC(=O)O)c4csc(N)n4)[C@@H]3SC2)CCN(C(=O)c2cc(O)c(O)cn2)CC1. The molecule has 2 aromatic heterocycles. The fourth-order valence-corrected chi connectivity index (χ4v) is 7.13. The van der Waals surface area contributed by atoms with Gasteiger partial charge in [0, 0.05) is 22.8 Å². The normalized spacial score (nSPS) is 20.9. The third kappa shape index (κ3) is 6.53. The molecule has 6 N–H and O–H groups in total. The zero-order chi connectivity index (χ0) is 33.3. The second kappa shape index (κ2) is 12.8. The lowest BCUT2D eigenvalue weighted by molar-refractivity contribution is -0.908.